The van der Waals surface area contributed by atoms with Crippen molar-refractivity contribution in [2.75, 3.05) is 11.9 Å². The molecular weight excluding hydrogens is 264 g/mol. The fraction of sp³-hybridized carbons (Fsp3) is 0.375. The molecule has 0 spiro atoms. The fourth-order valence-corrected chi connectivity index (χ4v) is 2.05. The first kappa shape index (κ1) is 15.3. The summed E-state index contributed by atoms with van der Waals surface area (Å²) in [4.78, 5) is 8.75. The molecule has 21 heavy (non-hydrogen) atoms. The number of hydrogen-bond acceptors (Lipinski definition) is 5. The van der Waals surface area contributed by atoms with Gasteiger partial charge in [-0.3, -0.25) is 0 Å². The van der Waals surface area contributed by atoms with E-state index >= 15 is 0 Å². The van der Waals surface area contributed by atoms with E-state index in [9.17, 15) is 0 Å². The molecule has 1 aromatic carbocycles. The van der Waals surface area contributed by atoms with Gasteiger partial charge < -0.3 is 15.8 Å². The summed E-state index contributed by atoms with van der Waals surface area (Å²) in [5, 5.41) is 3.30. The third-order valence-corrected chi connectivity index (χ3v) is 3.18. The van der Waals surface area contributed by atoms with Gasteiger partial charge in [0, 0.05) is 18.3 Å². The molecule has 3 N–H and O–H groups in total. The van der Waals surface area contributed by atoms with Gasteiger partial charge in [0.05, 0.1) is 12.6 Å². The molecule has 0 aliphatic rings. The largest absolute Gasteiger partial charge is 0.478 e. The summed E-state index contributed by atoms with van der Waals surface area (Å²) in [6, 6.07) is 10.1. The molecule has 0 amide bonds. The van der Waals surface area contributed by atoms with Crippen molar-refractivity contribution in [2.45, 2.75) is 33.4 Å². The van der Waals surface area contributed by atoms with Crippen LogP contribution >= 0.6 is 0 Å². The number of aromatic nitrogens is 2. The number of rotatable bonds is 6. The Morgan fingerprint density at radius 2 is 1.95 bits per heavy atom. The number of hydrogen-bond donors (Lipinski definition) is 2. The third kappa shape index (κ3) is 4.16. The highest BCUT2D eigenvalue weighted by Crippen LogP contribution is 2.19. The molecule has 0 aliphatic heterocycles. The highest BCUT2D eigenvalue weighted by Gasteiger charge is 2.09. The second-order valence-corrected chi connectivity index (χ2v) is 4.92. The smallest absolute Gasteiger partial charge is 0.226 e. The Kier molecular flexibility index (Phi) is 5.11. The van der Waals surface area contributed by atoms with Crippen LogP contribution in [0.1, 0.15) is 36.7 Å². The highest BCUT2D eigenvalue weighted by atomic mass is 16.5. The zero-order chi connectivity index (χ0) is 15.2. The topological polar surface area (TPSA) is 73.1 Å². The van der Waals surface area contributed by atoms with Crippen molar-refractivity contribution in [1.29, 1.82) is 0 Å². The molecule has 1 heterocycles. The van der Waals surface area contributed by atoms with E-state index in [0.717, 1.165) is 16.8 Å². The quantitative estimate of drug-likeness (QED) is 0.854. The molecule has 0 fully saturated rings. The lowest BCUT2D eigenvalue weighted by molar-refractivity contribution is 0.326. The maximum Gasteiger partial charge on any atom is 0.226 e. The number of nitrogens with two attached hydrogens (primary N) is 1. The SMILES string of the molecule is CCOc1cc(C)nc(NC(C)c2ccc(CN)cc2)n1. The monoisotopic (exact) mass is 286 g/mol. The lowest BCUT2D eigenvalue weighted by Gasteiger charge is -2.15. The second-order valence-electron chi connectivity index (χ2n) is 4.92. The van der Waals surface area contributed by atoms with Crippen LogP contribution in [0.5, 0.6) is 5.88 Å². The number of nitrogens with one attached hydrogen (secondary N) is 1. The molecule has 0 aliphatic carbocycles. The maximum atomic E-state index is 5.61. The summed E-state index contributed by atoms with van der Waals surface area (Å²) < 4.78 is 5.44. The highest BCUT2D eigenvalue weighted by molar-refractivity contribution is 5.35. The van der Waals surface area contributed by atoms with Crippen molar-refractivity contribution in [3.63, 3.8) is 0 Å². The minimum Gasteiger partial charge on any atom is -0.478 e. The summed E-state index contributed by atoms with van der Waals surface area (Å²) in [6.07, 6.45) is 0. The lowest BCUT2D eigenvalue weighted by Crippen LogP contribution is -2.11. The van der Waals surface area contributed by atoms with Crippen LogP contribution in [0.2, 0.25) is 0 Å². The average Bonchev–Trinajstić information content (AvgIpc) is 2.47. The summed E-state index contributed by atoms with van der Waals surface area (Å²) in [7, 11) is 0. The number of aryl methyl sites for hydroxylation is 1. The van der Waals surface area contributed by atoms with Gasteiger partial charge in [0.25, 0.3) is 0 Å². The van der Waals surface area contributed by atoms with Crippen LogP contribution in [0.3, 0.4) is 0 Å². The molecule has 1 unspecified atom stereocenters. The summed E-state index contributed by atoms with van der Waals surface area (Å²) in [5.41, 5.74) is 8.77. The van der Waals surface area contributed by atoms with Gasteiger partial charge >= 0.3 is 0 Å². The molecule has 2 aromatic rings. The first-order chi connectivity index (χ1) is 10.1. The molecule has 1 aromatic heterocycles. The summed E-state index contributed by atoms with van der Waals surface area (Å²) in [5.74, 6) is 1.17. The van der Waals surface area contributed by atoms with Gasteiger partial charge in [-0.05, 0) is 31.9 Å². The molecule has 1 atom stereocenters. The van der Waals surface area contributed by atoms with Gasteiger partial charge in [-0.1, -0.05) is 24.3 Å². The Morgan fingerprint density at radius 1 is 1.24 bits per heavy atom. The van der Waals surface area contributed by atoms with Crippen LogP contribution in [-0.4, -0.2) is 16.6 Å². The van der Waals surface area contributed by atoms with E-state index in [0.29, 0.717) is 25.0 Å². The van der Waals surface area contributed by atoms with E-state index in [1.165, 1.54) is 0 Å². The van der Waals surface area contributed by atoms with Gasteiger partial charge in [-0.2, -0.15) is 4.98 Å². The van der Waals surface area contributed by atoms with E-state index in [2.05, 4.69) is 34.3 Å². The van der Waals surface area contributed by atoms with E-state index < -0.39 is 0 Å². The minimum atomic E-state index is 0.105. The van der Waals surface area contributed by atoms with Crippen molar-refractivity contribution in [3.05, 3.63) is 47.2 Å². The molecule has 0 saturated heterocycles. The Balaban J connectivity index is 2.12. The predicted molar refractivity (Wildman–Crippen MR) is 84.3 cm³/mol. The molecule has 5 nitrogen and oxygen atoms in total. The standard InChI is InChI=1S/C16H22N4O/c1-4-21-15-9-11(2)18-16(20-15)19-12(3)14-7-5-13(10-17)6-8-14/h5-9,12H,4,10,17H2,1-3H3,(H,18,19,20). The van der Waals surface area contributed by atoms with Crippen molar-refractivity contribution in [2.24, 2.45) is 5.73 Å². The fourth-order valence-electron chi connectivity index (χ4n) is 2.05. The van der Waals surface area contributed by atoms with Crippen molar-refractivity contribution >= 4 is 5.95 Å². The molecule has 2 rings (SSSR count). The number of benzene rings is 1. The average molecular weight is 286 g/mol. The Hall–Kier alpha value is -2.14. The van der Waals surface area contributed by atoms with Crippen LogP contribution in [0, 0.1) is 6.92 Å². The molecule has 112 valence electrons. The van der Waals surface area contributed by atoms with Crippen LogP contribution in [0.25, 0.3) is 0 Å². The zero-order valence-corrected chi connectivity index (χ0v) is 12.8. The van der Waals surface area contributed by atoms with Crippen molar-refractivity contribution in [3.8, 4) is 5.88 Å². The first-order valence-corrected chi connectivity index (χ1v) is 7.16. The van der Waals surface area contributed by atoms with Crippen LogP contribution < -0.4 is 15.8 Å². The molecular formula is C16H22N4O. The van der Waals surface area contributed by atoms with Crippen LogP contribution in [0.15, 0.2) is 30.3 Å². The Morgan fingerprint density at radius 3 is 2.57 bits per heavy atom. The molecule has 0 saturated carbocycles. The number of nitrogens with zero attached hydrogens (tertiary/aromatic N) is 2. The van der Waals surface area contributed by atoms with Crippen LogP contribution in [0.4, 0.5) is 5.95 Å². The summed E-state index contributed by atoms with van der Waals surface area (Å²) >= 11 is 0. The van der Waals surface area contributed by atoms with Gasteiger partial charge in [0.2, 0.25) is 11.8 Å². The van der Waals surface area contributed by atoms with E-state index in [-0.39, 0.29) is 6.04 Å². The van der Waals surface area contributed by atoms with Gasteiger partial charge in [-0.15, -0.1) is 0 Å². The van der Waals surface area contributed by atoms with Crippen molar-refractivity contribution < 1.29 is 4.74 Å². The van der Waals surface area contributed by atoms with E-state index in [1.54, 1.807) is 0 Å². The molecule has 0 radical (unpaired) electrons. The third-order valence-electron chi connectivity index (χ3n) is 3.18. The zero-order valence-electron chi connectivity index (χ0n) is 12.8. The van der Waals surface area contributed by atoms with Crippen LogP contribution in [-0.2, 0) is 6.54 Å². The second kappa shape index (κ2) is 7.04. The number of ether oxygens (including phenoxy) is 1. The Bertz CT molecular complexity index is 583. The lowest BCUT2D eigenvalue weighted by atomic mass is 10.1. The molecule has 0 bridgehead atoms. The first-order valence-electron chi connectivity index (χ1n) is 7.16. The van der Waals surface area contributed by atoms with Crippen molar-refractivity contribution in [1.82, 2.24) is 9.97 Å². The number of anilines is 1. The minimum absolute atomic E-state index is 0.105. The maximum absolute atomic E-state index is 5.61. The van der Waals surface area contributed by atoms with Gasteiger partial charge in [-0.25, -0.2) is 4.98 Å². The van der Waals surface area contributed by atoms with Gasteiger partial charge in [0.1, 0.15) is 0 Å². The molecule has 5 heteroatoms. The normalized spacial score (nSPS) is 12.0. The van der Waals surface area contributed by atoms with E-state index in [4.69, 9.17) is 10.5 Å². The predicted octanol–water partition coefficient (Wildman–Crippen LogP) is 2.82. The summed E-state index contributed by atoms with van der Waals surface area (Å²) in [6.45, 7) is 7.08. The Labute approximate surface area is 125 Å². The van der Waals surface area contributed by atoms with E-state index in [1.807, 2.05) is 32.0 Å². The van der Waals surface area contributed by atoms with Gasteiger partial charge in [0.15, 0.2) is 0 Å².